The number of hydrazine groups is 1. The van der Waals surface area contributed by atoms with Crippen LogP contribution in [-0.4, -0.2) is 24.1 Å². The maximum Gasteiger partial charge on any atom is 0.287 e. The van der Waals surface area contributed by atoms with Crippen molar-refractivity contribution in [3.05, 3.63) is 68.5 Å². The molecule has 2 N–H and O–H groups in total. The van der Waals surface area contributed by atoms with Gasteiger partial charge in [0.2, 0.25) is 0 Å². The lowest BCUT2D eigenvalue weighted by molar-refractivity contribution is 0.0939. The SMILES string of the molecule is CCCn1nc(C(=O)NNS(=O)(=O)c2ccc(Br)c(C)c2)c2ccccc2c1=O. The molecule has 0 atom stereocenters. The van der Waals surface area contributed by atoms with Crippen LogP contribution >= 0.6 is 15.9 Å². The van der Waals surface area contributed by atoms with Crippen LogP contribution in [0.5, 0.6) is 0 Å². The van der Waals surface area contributed by atoms with Gasteiger partial charge in [-0.3, -0.25) is 15.0 Å². The minimum absolute atomic E-state index is 0.00673. The third-order valence-corrected chi connectivity index (χ3v) is 6.39. The van der Waals surface area contributed by atoms with Gasteiger partial charge in [-0.05, 0) is 43.2 Å². The number of aryl methyl sites for hydroxylation is 2. The third-order valence-electron chi connectivity index (χ3n) is 4.26. The van der Waals surface area contributed by atoms with Crippen LogP contribution in [0.25, 0.3) is 10.8 Å². The highest BCUT2D eigenvalue weighted by atomic mass is 79.9. The predicted molar refractivity (Wildman–Crippen MR) is 113 cm³/mol. The van der Waals surface area contributed by atoms with Gasteiger partial charge in [-0.25, -0.2) is 13.1 Å². The second kappa shape index (κ2) is 8.44. The van der Waals surface area contributed by atoms with Crippen LogP contribution in [0, 0.1) is 6.92 Å². The van der Waals surface area contributed by atoms with E-state index in [4.69, 9.17) is 0 Å². The van der Waals surface area contributed by atoms with Gasteiger partial charge in [-0.1, -0.05) is 41.1 Å². The molecule has 10 heteroatoms. The number of nitrogens with zero attached hydrogens (tertiary/aromatic N) is 2. The van der Waals surface area contributed by atoms with Crippen LogP contribution in [0.3, 0.4) is 0 Å². The molecule has 3 aromatic rings. The van der Waals surface area contributed by atoms with E-state index in [2.05, 4.69) is 31.3 Å². The maximum atomic E-state index is 12.7. The number of sulfonamides is 1. The van der Waals surface area contributed by atoms with Crippen LogP contribution in [0.4, 0.5) is 0 Å². The van der Waals surface area contributed by atoms with Gasteiger partial charge < -0.3 is 0 Å². The molecule has 1 heterocycles. The van der Waals surface area contributed by atoms with Gasteiger partial charge >= 0.3 is 0 Å². The van der Waals surface area contributed by atoms with Crippen molar-refractivity contribution in [3.8, 4) is 0 Å². The van der Waals surface area contributed by atoms with Crippen molar-refractivity contribution in [1.82, 2.24) is 20.0 Å². The second-order valence-electron chi connectivity index (χ2n) is 6.39. The molecule has 152 valence electrons. The van der Waals surface area contributed by atoms with E-state index in [1.165, 1.54) is 16.8 Å². The highest BCUT2D eigenvalue weighted by Gasteiger charge is 2.20. The molecule has 0 aliphatic rings. The summed E-state index contributed by atoms with van der Waals surface area (Å²) in [6, 6.07) is 11.1. The predicted octanol–water partition coefficient (Wildman–Crippen LogP) is 2.50. The maximum absolute atomic E-state index is 12.7. The zero-order valence-corrected chi connectivity index (χ0v) is 18.2. The molecule has 0 aliphatic heterocycles. The summed E-state index contributed by atoms with van der Waals surface area (Å²) in [7, 11) is -3.98. The number of nitrogens with one attached hydrogen (secondary N) is 2. The summed E-state index contributed by atoms with van der Waals surface area (Å²) in [4.78, 5) is 27.3. The normalized spacial score (nSPS) is 11.6. The number of benzene rings is 2. The average molecular weight is 479 g/mol. The third kappa shape index (κ3) is 4.39. The number of aromatic nitrogens is 2. The summed E-state index contributed by atoms with van der Waals surface area (Å²) in [5, 5.41) is 4.83. The molecule has 2 aromatic carbocycles. The summed E-state index contributed by atoms with van der Waals surface area (Å²) in [6.07, 6.45) is 0.655. The summed E-state index contributed by atoms with van der Waals surface area (Å²) in [5.41, 5.74) is 2.58. The van der Waals surface area contributed by atoms with Gasteiger partial charge in [-0.15, -0.1) is 4.83 Å². The molecule has 1 aromatic heterocycles. The lowest BCUT2D eigenvalue weighted by Crippen LogP contribution is -2.42. The van der Waals surface area contributed by atoms with Crippen molar-refractivity contribution in [1.29, 1.82) is 0 Å². The molecular formula is C19H19BrN4O4S. The Kier molecular flexibility index (Phi) is 6.15. The monoisotopic (exact) mass is 478 g/mol. The molecule has 0 unspecified atom stereocenters. The Labute approximate surface area is 176 Å². The number of carbonyl (C=O) groups is 1. The Bertz CT molecular complexity index is 1250. The summed E-state index contributed by atoms with van der Waals surface area (Å²) < 4.78 is 27.0. The number of carbonyl (C=O) groups excluding carboxylic acids is 1. The van der Waals surface area contributed by atoms with E-state index in [0.29, 0.717) is 23.7 Å². The molecule has 0 radical (unpaired) electrons. The van der Waals surface area contributed by atoms with Crippen molar-refractivity contribution in [3.63, 3.8) is 0 Å². The fourth-order valence-corrected chi connectivity index (χ4v) is 3.95. The number of halogens is 1. The van der Waals surface area contributed by atoms with Crippen molar-refractivity contribution in [2.75, 3.05) is 0 Å². The van der Waals surface area contributed by atoms with Crippen LogP contribution < -0.4 is 15.8 Å². The molecule has 0 saturated carbocycles. The first-order valence-electron chi connectivity index (χ1n) is 8.82. The highest BCUT2D eigenvalue weighted by molar-refractivity contribution is 9.10. The zero-order chi connectivity index (χ0) is 21.2. The molecule has 29 heavy (non-hydrogen) atoms. The van der Waals surface area contributed by atoms with Crippen molar-refractivity contribution >= 4 is 42.6 Å². The first kappa shape index (κ1) is 21.2. The quantitative estimate of drug-likeness (QED) is 0.528. The van der Waals surface area contributed by atoms with E-state index in [-0.39, 0.29) is 16.1 Å². The van der Waals surface area contributed by atoms with E-state index >= 15 is 0 Å². The number of fused-ring (bicyclic) bond motifs is 1. The van der Waals surface area contributed by atoms with Gasteiger partial charge in [0, 0.05) is 16.4 Å². The molecule has 8 nitrogen and oxygen atoms in total. The number of hydrogen-bond acceptors (Lipinski definition) is 5. The standard InChI is InChI=1S/C19H19BrN4O4S/c1-3-10-24-19(26)15-7-5-4-6-14(15)17(22-24)18(25)21-23-29(27,28)13-8-9-16(20)12(2)11-13/h4-9,11,23H,3,10H2,1-2H3,(H,21,25). The average Bonchev–Trinajstić information content (AvgIpc) is 2.70. The summed E-state index contributed by atoms with van der Waals surface area (Å²) in [5.74, 6) is -0.761. The van der Waals surface area contributed by atoms with Crippen LogP contribution in [0.2, 0.25) is 0 Å². The van der Waals surface area contributed by atoms with Crippen LogP contribution in [0.1, 0.15) is 29.4 Å². The minimum atomic E-state index is -3.98. The van der Waals surface area contributed by atoms with Gasteiger partial charge in [-0.2, -0.15) is 5.10 Å². The van der Waals surface area contributed by atoms with E-state index in [0.717, 1.165) is 10.0 Å². The topological polar surface area (TPSA) is 110 Å². The number of hydrogen-bond donors (Lipinski definition) is 2. The van der Waals surface area contributed by atoms with Crippen LogP contribution in [-0.2, 0) is 16.6 Å². The Morgan fingerprint density at radius 2 is 1.86 bits per heavy atom. The lowest BCUT2D eigenvalue weighted by Gasteiger charge is -2.12. The summed E-state index contributed by atoms with van der Waals surface area (Å²) >= 11 is 3.32. The van der Waals surface area contributed by atoms with Gasteiger partial charge in [0.25, 0.3) is 21.5 Å². The van der Waals surface area contributed by atoms with Gasteiger partial charge in [0.15, 0.2) is 5.69 Å². The van der Waals surface area contributed by atoms with Gasteiger partial charge in [0.05, 0.1) is 10.3 Å². The number of rotatable bonds is 6. The van der Waals surface area contributed by atoms with E-state index in [1.54, 1.807) is 37.3 Å². The first-order chi connectivity index (χ1) is 13.7. The molecule has 0 aliphatic carbocycles. The Hall–Kier alpha value is -2.56. The fraction of sp³-hybridized carbons (Fsp3) is 0.211. The lowest BCUT2D eigenvalue weighted by atomic mass is 10.1. The largest absolute Gasteiger partial charge is 0.287 e. The van der Waals surface area contributed by atoms with E-state index < -0.39 is 15.9 Å². The van der Waals surface area contributed by atoms with Crippen molar-refractivity contribution < 1.29 is 13.2 Å². The smallest absolute Gasteiger partial charge is 0.272 e. The molecule has 0 bridgehead atoms. The van der Waals surface area contributed by atoms with E-state index in [1.807, 2.05) is 6.92 Å². The highest BCUT2D eigenvalue weighted by Crippen LogP contribution is 2.20. The molecule has 0 saturated heterocycles. The number of amides is 1. The van der Waals surface area contributed by atoms with Crippen LogP contribution in [0.15, 0.2) is 56.6 Å². The Morgan fingerprint density at radius 1 is 1.17 bits per heavy atom. The fourth-order valence-electron chi connectivity index (χ4n) is 2.78. The molecule has 1 amide bonds. The molecule has 0 spiro atoms. The van der Waals surface area contributed by atoms with E-state index in [9.17, 15) is 18.0 Å². The Morgan fingerprint density at radius 3 is 2.52 bits per heavy atom. The van der Waals surface area contributed by atoms with Crippen molar-refractivity contribution in [2.45, 2.75) is 31.7 Å². The Balaban J connectivity index is 1.93. The first-order valence-corrected chi connectivity index (χ1v) is 11.1. The van der Waals surface area contributed by atoms with Gasteiger partial charge in [0.1, 0.15) is 0 Å². The van der Waals surface area contributed by atoms with Crippen molar-refractivity contribution in [2.24, 2.45) is 0 Å². The zero-order valence-electron chi connectivity index (χ0n) is 15.8. The second-order valence-corrected chi connectivity index (χ2v) is 8.93. The minimum Gasteiger partial charge on any atom is -0.272 e. The molecule has 3 rings (SSSR count). The summed E-state index contributed by atoms with van der Waals surface area (Å²) in [6.45, 7) is 3.99. The molecule has 0 fully saturated rings. The molecular weight excluding hydrogens is 460 g/mol.